The van der Waals surface area contributed by atoms with E-state index in [4.69, 9.17) is 0 Å². The summed E-state index contributed by atoms with van der Waals surface area (Å²) in [6, 6.07) is 9.18. The first-order valence-corrected chi connectivity index (χ1v) is 8.79. The van der Waals surface area contributed by atoms with Crippen molar-refractivity contribution in [2.45, 2.75) is 32.7 Å². The lowest BCUT2D eigenvalue weighted by molar-refractivity contribution is 0.0993. The second-order valence-corrected chi connectivity index (χ2v) is 7.80. The Bertz CT molecular complexity index is 763. The van der Waals surface area contributed by atoms with Gasteiger partial charge in [-0.2, -0.15) is 0 Å². The highest BCUT2D eigenvalue weighted by atomic mass is 32.1. The Morgan fingerprint density at radius 2 is 2.00 bits per heavy atom. The molecule has 1 aromatic carbocycles. The van der Waals surface area contributed by atoms with E-state index >= 15 is 0 Å². The molecule has 0 fully saturated rings. The Kier molecular flexibility index (Phi) is 4.32. The first-order chi connectivity index (χ1) is 11.3. The molecule has 2 N–H and O–H groups in total. The molecular weight excluding hydrogens is 322 g/mol. The average molecular weight is 343 g/mol. The van der Waals surface area contributed by atoms with Crippen LogP contribution in [-0.2, 0) is 6.42 Å². The normalized spacial score (nSPS) is 13.5. The molecule has 0 bridgehead atoms. The molecule has 0 spiro atoms. The Labute approximate surface area is 145 Å². The van der Waals surface area contributed by atoms with Gasteiger partial charge in [0.2, 0.25) is 0 Å². The number of nitrogens with zero attached hydrogens (tertiary/aromatic N) is 1. The van der Waals surface area contributed by atoms with Crippen molar-refractivity contribution in [1.29, 1.82) is 0 Å². The quantitative estimate of drug-likeness (QED) is 0.869. The Morgan fingerprint density at radius 1 is 1.21 bits per heavy atom. The van der Waals surface area contributed by atoms with Crippen LogP contribution < -0.4 is 15.5 Å². The standard InChI is InChI=1S/C18H21N3O2S/c1-18(2,3)20-17(23)19-13-7-6-12-8-9-21(14(12)11-13)16(22)15-5-4-10-24-15/h4-7,10-11H,8-9H2,1-3H3,(H2,19,20,23). The van der Waals surface area contributed by atoms with E-state index in [2.05, 4.69) is 10.6 Å². The second-order valence-electron chi connectivity index (χ2n) is 6.86. The number of anilines is 2. The average Bonchev–Trinajstić information content (AvgIpc) is 3.14. The molecule has 0 unspecified atom stereocenters. The van der Waals surface area contributed by atoms with Crippen molar-refractivity contribution in [3.05, 3.63) is 46.2 Å². The van der Waals surface area contributed by atoms with Crippen molar-refractivity contribution in [3.63, 3.8) is 0 Å². The van der Waals surface area contributed by atoms with Gasteiger partial charge in [-0.25, -0.2) is 4.79 Å². The van der Waals surface area contributed by atoms with E-state index in [9.17, 15) is 9.59 Å². The number of amides is 3. The van der Waals surface area contributed by atoms with Crippen molar-refractivity contribution in [3.8, 4) is 0 Å². The van der Waals surface area contributed by atoms with Crippen molar-refractivity contribution in [2.24, 2.45) is 0 Å². The monoisotopic (exact) mass is 343 g/mol. The van der Waals surface area contributed by atoms with E-state index in [0.717, 1.165) is 22.5 Å². The van der Waals surface area contributed by atoms with Gasteiger partial charge in [0.1, 0.15) is 0 Å². The van der Waals surface area contributed by atoms with Crippen molar-refractivity contribution in [1.82, 2.24) is 5.32 Å². The summed E-state index contributed by atoms with van der Waals surface area (Å²) >= 11 is 1.44. The second kappa shape index (κ2) is 6.28. The molecule has 6 heteroatoms. The van der Waals surface area contributed by atoms with E-state index in [1.807, 2.05) is 56.5 Å². The topological polar surface area (TPSA) is 61.4 Å². The number of nitrogens with one attached hydrogen (secondary N) is 2. The number of urea groups is 1. The van der Waals surface area contributed by atoms with Gasteiger partial charge in [-0.1, -0.05) is 12.1 Å². The molecule has 0 radical (unpaired) electrons. The minimum atomic E-state index is -0.304. The zero-order valence-electron chi connectivity index (χ0n) is 14.1. The number of fused-ring (bicyclic) bond motifs is 1. The van der Waals surface area contributed by atoms with Crippen LogP contribution >= 0.6 is 11.3 Å². The molecule has 126 valence electrons. The molecule has 3 rings (SSSR count). The number of hydrogen-bond donors (Lipinski definition) is 2. The lowest BCUT2D eigenvalue weighted by atomic mass is 10.1. The van der Waals surface area contributed by atoms with Crippen LogP contribution in [0.25, 0.3) is 0 Å². The number of carbonyl (C=O) groups is 2. The molecule has 0 aliphatic carbocycles. The predicted octanol–water partition coefficient (Wildman–Crippen LogP) is 3.87. The van der Waals surface area contributed by atoms with Crippen molar-refractivity contribution in [2.75, 3.05) is 16.8 Å². The van der Waals surface area contributed by atoms with Crippen LogP contribution in [-0.4, -0.2) is 24.0 Å². The third-order valence-electron chi connectivity index (χ3n) is 3.70. The Balaban J connectivity index is 1.79. The van der Waals surface area contributed by atoms with E-state index < -0.39 is 0 Å². The smallest absolute Gasteiger partial charge is 0.319 e. The molecule has 2 heterocycles. The Hall–Kier alpha value is -2.34. The highest BCUT2D eigenvalue weighted by molar-refractivity contribution is 7.12. The summed E-state index contributed by atoms with van der Waals surface area (Å²) < 4.78 is 0. The van der Waals surface area contributed by atoms with Gasteiger partial charge in [-0.3, -0.25) is 4.79 Å². The van der Waals surface area contributed by atoms with Gasteiger partial charge in [-0.05, 0) is 56.3 Å². The maximum atomic E-state index is 12.6. The number of hydrogen-bond acceptors (Lipinski definition) is 3. The van der Waals surface area contributed by atoms with Gasteiger partial charge in [0.05, 0.1) is 4.88 Å². The van der Waals surface area contributed by atoms with Gasteiger partial charge < -0.3 is 15.5 Å². The van der Waals surface area contributed by atoms with Gasteiger partial charge in [-0.15, -0.1) is 11.3 Å². The summed E-state index contributed by atoms with van der Waals surface area (Å²) in [5.41, 5.74) is 2.38. The van der Waals surface area contributed by atoms with E-state index in [0.29, 0.717) is 12.2 Å². The van der Waals surface area contributed by atoms with Crippen LogP contribution in [0.15, 0.2) is 35.7 Å². The van der Waals surface area contributed by atoms with E-state index in [1.165, 1.54) is 11.3 Å². The molecular formula is C18H21N3O2S. The first kappa shape index (κ1) is 16.5. The molecule has 1 aromatic heterocycles. The summed E-state index contributed by atoms with van der Waals surface area (Å²) in [6.45, 7) is 6.45. The number of carbonyl (C=O) groups excluding carboxylic acids is 2. The molecule has 2 aromatic rings. The molecule has 1 aliphatic heterocycles. The van der Waals surface area contributed by atoms with Gasteiger partial charge >= 0.3 is 6.03 Å². The van der Waals surface area contributed by atoms with Gasteiger partial charge in [0, 0.05) is 23.5 Å². The lowest BCUT2D eigenvalue weighted by Gasteiger charge is -2.21. The summed E-state index contributed by atoms with van der Waals surface area (Å²) in [6.07, 6.45) is 0.834. The highest BCUT2D eigenvalue weighted by Gasteiger charge is 2.26. The predicted molar refractivity (Wildman–Crippen MR) is 98.0 cm³/mol. The van der Waals surface area contributed by atoms with Crippen LogP contribution in [0.4, 0.5) is 16.2 Å². The van der Waals surface area contributed by atoms with E-state index in [-0.39, 0.29) is 17.5 Å². The van der Waals surface area contributed by atoms with Crippen LogP contribution in [0.1, 0.15) is 36.0 Å². The molecule has 5 nitrogen and oxygen atoms in total. The van der Waals surface area contributed by atoms with Crippen LogP contribution in [0.5, 0.6) is 0 Å². The summed E-state index contributed by atoms with van der Waals surface area (Å²) in [5, 5.41) is 7.60. The van der Waals surface area contributed by atoms with Crippen molar-refractivity contribution >= 4 is 34.6 Å². The van der Waals surface area contributed by atoms with E-state index in [1.54, 1.807) is 4.90 Å². The van der Waals surface area contributed by atoms with Gasteiger partial charge in [0.15, 0.2) is 0 Å². The first-order valence-electron chi connectivity index (χ1n) is 7.91. The number of rotatable bonds is 2. The molecule has 1 aliphatic rings. The number of benzene rings is 1. The maximum Gasteiger partial charge on any atom is 0.319 e. The molecule has 3 amide bonds. The minimum absolute atomic E-state index is 0.0139. The van der Waals surface area contributed by atoms with Crippen LogP contribution in [0.2, 0.25) is 0 Å². The third kappa shape index (κ3) is 3.59. The van der Waals surface area contributed by atoms with Gasteiger partial charge in [0.25, 0.3) is 5.91 Å². The lowest BCUT2D eigenvalue weighted by Crippen LogP contribution is -2.43. The summed E-state index contributed by atoms with van der Waals surface area (Å²) in [5.74, 6) is 0.0139. The van der Waals surface area contributed by atoms with Crippen LogP contribution in [0.3, 0.4) is 0 Å². The maximum absolute atomic E-state index is 12.6. The zero-order chi connectivity index (χ0) is 17.3. The molecule has 0 saturated carbocycles. The minimum Gasteiger partial charge on any atom is -0.333 e. The van der Waals surface area contributed by atoms with Crippen molar-refractivity contribution < 1.29 is 9.59 Å². The number of thiophene rings is 1. The summed E-state index contributed by atoms with van der Waals surface area (Å²) in [7, 11) is 0. The highest BCUT2D eigenvalue weighted by Crippen LogP contribution is 2.32. The zero-order valence-corrected chi connectivity index (χ0v) is 14.9. The molecule has 0 saturated heterocycles. The Morgan fingerprint density at radius 3 is 2.67 bits per heavy atom. The fourth-order valence-corrected chi connectivity index (χ4v) is 3.38. The summed E-state index contributed by atoms with van der Waals surface area (Å²) in [4.78, 5) is 27.2. The fourth-order valence-electron chi connectivity index (χ4n) is 2.70. The molecule has 24 heavy (non-hydrogen) atoms. The third-order valence-corrected chi connectivity index (χ3v) is 4.56. The largest absolute Gasteiger partial charge is 0.333 e. The SMILES string of the molecule is CC(C)(C)NC(=O)Nc1ccc2c(c1)N(C(=O)c1cccs1)CC2. The fraction of sp³-hybridized carbons (Fsp3) is 0.333. The van der Waals surface area contributed by atoms with Crippen LogP contribution in [0, 0.1) is 0 Å². The molecule has 0 atom stereocenters.